The number of ether oxygens (including phenoxy) is 2. The van der Waals surface area contributed by atoms with Crippen molar-refractivity contribution in [3.8, 4) is 11.5 Å². The molecule has 1 aromatic heterocycles. The summed E-state index contributed by atoms with van der Waals surface area (Å²) in [7, 11) is 3.25. The zero-order valence-electron chi connectivity index (χ0n) is 20.4. The molecule has 0 saturated heterocycles. The predicted octanol–water partition coefficient (Wildman–Crippen LogP) is 4.82. The van der Waals surface area contributed by atoms with Crippen LogP contribution in [0.15, 0.2) is 36.4 Å². The molecule has 1 heterocycles. The number of hydrogen-bond donors (Lipinski definition) is 2. The molecule has 0 radical (unpaired) electrons. The van der Waals surface area contributed by atoms with E-state index in [1.165, 1.54) is 16.7 Å². The third-order valence-corrected chi connectivity index (χ3v) is 6.30. The Hall–Kier alpha value is -3.25. The van der Waals surface area contributed by atoms with Crippen LogP contribution in [0.25, 0.3) is 0 Å². The van der Waals surface area contributed by atoms with E-state index in [0.29, 0.717) is 30.2 Å². The summed E-state index contributed by atoms with van der Waals surface area (Å²) in [6.45, 7) is 9.96. The van der Waals surface area contributed by atoms with Crippen LogP contribution in [0.5, 0.6) is 11.5 Å². The average Bonchev–Trinajstić information content (AvgIpc) is 3.03. The van der Waals surface area contributed by atoms with E-state index in [4.69, 9.17) is 9.47 Å². The molecule has 0 spiro atoms. The molecule has 2 N–H and O–H groups in total. The van der Waals surface area contributed by atoms with E-state index in [1.807, 2.05) is 32.0 Å². The lowest BCUT2D eigenvalue weighted by molar-refractivity contribution is 0.0694. The first-order chi connectivity index (χ1) is 15.8. The highest BCUT2D eigenvalue weighted by molar-refractivity contribution is 5.91. The average molecular weight is 451 g/mol. The molecule has 0 atom stereocenters. The molecule has 3 rings (SSSR count). The molecule has 0 aliphatic heterocycles. The van der Waals surface area contributed by atoms with Crippen LogP contribution < -0.4 is 14.8 Å². The van der Waals surface area contributed by atoms with Crippen molar-refractivity contribution in [3.05, 3.63) is 81.2 Å². The lowest BCUT2D eigenvalue weighted by atomic mass is 10.1. The number of benzene rings is 2. The quantitative estimate of drug-likeness (QED) is 0.434. The summed E-state index contributed by atoms with van der Waals surface area (Å²) < 4.78 is 12.8. The van der Waals surface area contributed by atoms with Crippen molar-refractivity contribution in [2.24, 2.45) is 0 Å². The molecular weight excluding hydrogens is 416 g/mol. The van der Waals surface area contributed by atoms with Crippen LogP contribution in [-0.2, 0) is 19.5 Å². The van der Waals surface area contributed by atoms with Crippen LogP contribution in [0.1, 0.15) is 49.6 Å². The second-order valence-electron chi connectivity index (χ2n) is 8.46. The van der Waals surface area contributed by atoms with Crippen LogP contribution in [-0.4, -0.2) is 36.4 Å². The zero-order chi connectivity index (χ0) is 24.1. The molecule has 0 saturated carbocycles. The van der Waals surface area contributed by atoms with Crippen LogP contribution in [0.3, 0.4) is 0 Å². The highest BCUT2D eigenvalue weighted by Gasteiger charge is 2.22. The van der Waals surface area contributed by atoms with E-state index in [1.54, 1.807) is 14.2 Å². The summed E-state index contributed by atoms with van der Waals surface area (Å²) in [6.07, 6.45) is 0.796. The molecule has 0 unspecified atom stereocenters. The van der Waals surface area contributed by atoms with E-state index < -0.39 is 5.97 Å². The second-order valence-corrected chi connectivity index (χ2v) is 8.46. The number of rotatable bonds is 10. The second kappa shape index (κ2) is 10.6. The number of carboxylic acids is 1. The Labute approximate surface area is 196 Å². The highest BCUT2D eigenvalue weighted by atomic mass is 16.5. The Morgan fingerprint density at radius 2 is 1.70 bits per heavy atom. The normalized spacial score (nSPS) is 11.0. The number of aryl methyl sites for hydroxylation is 2. The molecule has 33 heavy (non-hydrogen) atoms. The summed E-state index contributed by atoms with van der Waals surface area (Å²) in [4.78, 5) is 12.1. The molecule has 2 aromatic carbocycles. The van der Waals surface area contributed by atoms with Gasteiger partial charge in [-0.15, -0.1) is 0 Å². The molecule has 6 heteroatoms. The summed E-state index contributed by atoms with van der Waals surface area (Å²) >= 11 is 0. The minimum absolute atomic E-state index is 0.399. The lowest BCUT2D eigenvalue weighted by Gasteiger charge is -2.13. The van der Waals surface area contributed by atoms with Gasteiger partial charge in [-0.3, -0.25) is 0 Å². The lowest BCUT2D eigenvalue weighted by Crippen LogP contribution is -2.18. The molecular formula is C27H34N2O4. The van der Waals surface area contributed by atoms with E-state index in [0.717, 1.165) is 35.5 Å². The standard InChI is InChI=1S/C27H34N2O4/c1-17-7-8-18(2)22(13-17)16-29-19(3)23(26(20(29)4)27(30)31)15-28-12-11-21-9-10-24(32-5)25(14-21)33-6/h7-10,13-14,28H,11-12,15-16H2,1-6H3,(H,30,31). The Morgan fingerprint density at radius 1 is 0.970 bits per heavy atom. The highest BCUT2D eigenvalue weighted by Crippen LogP contribution is 2.28. The van der Waals surface area contributed by atoms with E-state index in [9.17, 15) is 9.90 Å². The number of carbonyl (C=O) groups is 1. The number of methoxy groups -OCH3 is 2. The van der Waals surface area contributed by atoms with Gasteiger partial charge in [0.25, 0.3) is 0 Å². The Bertz CT molecular complexity index is 1150. The zero-order valence-corrected chi connectivity index (χ0v) is 20.4. The van der Waals surface area contributed by atoms with Crippen molar-refractivity contribution in [2.45, 2.75) is 47.2 Å². The summed E-state index contributed by atoms with van der Waals surface area (Å²) in [5.41, 5.74) is 7.77. The first kappa shape index (κ1) is 24.4. The fraction of sp³-hybridized carbons (Fsp3) is 0.370. The number of hydrogen-bond acceptors (Lipinski definition) is 4. The number of nitrogens with one attached hydrogen (secondary N) is 1. The van der Waals surface area contributed by atoms with E-state index >= 15 is 0 Å². The van der Waals surface area contributed by atoms with Crippen molar-refractivity contribution in [1.29, 1.82) is 0 Å². The van der Waals surface area contributed by atoms with Gasteiger partial charge in [0, 0.05) is 30.0 Å². The molecule has 0 aliphatic rings. The summed E-state index contributed by atoms with van der Waals surface area (Å²) in [5, 5.41) is 13.4. The topological polar surface area (TPSA) is 72.7 Å². The van der Waals surface area contributed by atoms with Crippen molar-refractivity contribution in [3.63, 3.8) is 0 Å². The van der Waals surface area contributed by atoms with E-state index in [-0.39, 0.29) is 0 Å². The van der Waals surface area contributed by atoms with Gasteiger partial charge in [0.05, 0.1) is 19.8 Å². The molecule has 6 nitrogen and oxygen atoms in total. The van der Waals surface area contributed by atoms with Crippen LogP contribution in [0.2, 0.25) is 0 Å². The Kier molecular flexibility index (Phi) is 7.82. The van der Waals surface area contributed by atoms with Gasteiger partial charge < -0.3 is 24.5 Å². The number of nitrogens with zero attached hydrogens (tertiary/aromatic N) is 1. The van der Waals surface area contributed by atoms with Gasteiger partial charge in [-0.1, -0.05) is 29.8 Å². The Morgan fingerprint density at radius 3 is 2.36 bits per heavy atom. The molecule has 0 fully saturated rings. The van der Waals surface area contributed by atoms with E-state index in [2.05, 4.69) is 41.9 Å². The van der Waals surface area contributed by atoms with Gasteiger partial charge in [0.15, 0.2) is 11.5 Å². The largest absolute Gasteiger partial charge is 0.493 e. The summed E-state index contributed by atoms with van der Waals surface area (Å²) in [6, 6.07) is 12.3. The number of aromatic carboxylic acids is 1. The van der Waals surface area contributed by atoms with Crippen LogP contribution in [0, 0.1) is 27.7 Å². The molecule has 0 bridgehead atoms. The molecule has 0 amide bonds. The third-order valence-electron chi connectivity index (χ3n) is 6.30. The molecule has 3 aromatic rings. The van der Waals surface area contributed by atoms with Crippen molar-refractivity contribution < 1.29 is 19.4 Å². The van der Waals surface area contributed by atoms with Crippen molar-refractivity contribution in [1.82, 2.24) is 9.88 Å². The molecule has 176 valence electrons. The first-order valence-electron chi connectivity index (χ1n) is 11.2. The Balaban J connectivity index is 1.75. The van der Waals surface area contributed by atoms with Crippen molar-refractivity contribution >= 4 is 5.97 Å². The van der Waals surface area contributed by atoms with Gasteiger partial charge in [-0.2, -0.15) is 0 Å². The fourth-order valence-corrected chi connectivity index (χ4v) is 4.31. The minimum Gasteiger partial charge on any atom is -0.493 e. The number of carboxylic acid groups (broad SMARTS) is 1. The maximum absolute atomic E-state index is 12.1. The van der Waals surface area contributed by atoms with Gasteiger partial charge >= 0.3 is 5.97 Å². The SMILES string of the molecule is COc1ccc(CCNCc2c(C(=O)O)c(C)n(Cc3cc(C)ccc3C)c2C)cc1OC. The number of aromatic nitrogens is 1. The van der Waals surface area contributed by atoms with Gasteiger partial charge in [-0.25, -0.2) is 4.79 Å². The minimum atomic E-state index is -0.882. The van der Waals surface area contributed by atoms with Gasteiger partial charge in [-0.05, 0) is 69.5 Å². The van der Waals surface area contributed by atoms with Crippen molar-refractivity contribution in [2.75, 3.05) is 20.8 Å². The predicted molar refractivity (Wildman–Crippen MR) is 131 cm³/mol. The van der Waals surface area contributed by atoms with Gasteiger partial charge in [0.1, 0.15) is 0 Å². The maximum Gasteiger partial charge on any atom is 0.337 e. The monoisotopic (exact) mass is 450 g/mol. The van der Waals surface area contributed by atoms with Gasteiger partial charge in [0.2, 0.25) is 0 Å². The molecule has 0 aliphatic carbocycles. The first-order valence-corrected chi connectivity index (χ1v) is 11.2. The maximum atomic E-state index is 12.1. The van der Waals surface area contributed by atoms with Crippen LogP contribution >= 0.6 is 0 Å². The van der Waals surface area contributed by atoms with Crippen LogP contribution in [0.4, 0.5) is 0 Å². The summed E-state index contributed by atoms with van der Waals surface area (Å²) in [5.74, 6) is 0.529. The fourth-order valence-electron chi connectivity index (χ4n) is 4.31. The smallest absolute Gasteiger partial charge is 0.337 e. The third kappa shape index (κ3) is 5.40.